The van der Waals surface area contributed by atoms with Crippen LogP contribution < -0.4 is 5.32 Å². The number of aryl methyl sites for hydroxylation is 1. The third-order valence-electron chi connectivity index (χ3n) is 3.90. The SMILES string of the molecule is O=C1CO[C@H]2CN(CCCc3ccccc3)C[C@H]2N1. The first-order valence-electron chi connectivity index (χ1n) is 6.98. The Kier molecular flexibility index (Phi) is 3.80. The van der Waals surface area contributed by atoms with Gasteiger partial charge in [-0.2, -0.15) is 0 Å². The number of likely N-dealkylation sites (tertiary alicyclic amines) is 1. The fourth-order valence-electron chi connectivity index (χ4n) is 2.92. The van der Waals surface area contributed by atoms with Crippen LogP contribution in [0.5, 0.6) is 0 Å². The lowest BCUT2D eigenvalue weighted by Gasteiger charge is -2.25. The van der Waals surface area contributed by atoms with Crippen molar-refractivity contribution in [1.29, 1.82) is 0 Å². The quantitative estimate of drug-likeness (QED) is 0.871. The maximum atomic E-state index is 11.3. The summed E-state index contributed by atoms with van der Waals surface area (Å²) in [4.78, 5) is 13.6. The van der Waals surface area contributed by atoms with Crippen LogP contribution in [0.3, 0.4) is 0 Å². The summed E-state index contributed by atoms with van der Waals surface area (Å²) < 4.78 is 5.56. The molecular weight excluding hydrogens is 240 g/mol. The summed E-state index contributed by atoms with van der Waals surface area (Å²) in [5, 5.41) is 3.01. The molecule has 0 saturated carbocycles. The van der Waals surface area contributed by atoms with E-state index in [0.717, 1.165) is 32.5 Å². The number of benzene rings is 1. The monoisotopic (exact) mass is 260 g/mol. The highest BCUT2D eigenvalue weighted by atomic mass is 16.5. The molecule has 0 bridgehead atoms. The van der Waals surface area contributed by atoms with Gasteiger partial charge in [0.05, 0.1) is 12.1 Å². The molecule has 2 atom stereocenters. The molecule has 1 N–H and O–H groups in total. The molecule has 0 aromatic heterocycles. The molecule has 4 heteroatoms. The number of carbonyl (C=O) groups excluding carboxylic acids is 1. The Morgan fingerprint density at radius 3 is 2.95 bits per heavy atom. The van der Waals surface area contributed by atoms with Gasteiger partial charge < -0.3 is 10.1 Å². The van der Waals surface area contributed by atoms with Crippen molar-refractivity contribution in [2.24, 2.45) is 0 Å². The van der Waals surface area contributed by atoms with Crippen LogP contribution in [-0.4, -0.2) is 49.2 Å². The Balaban J connectivity index is 1.43. The second kappa shape index (κ2) is 5.72. The summed E-state index contributed by atoms with van der Waals surface area (Å²) in [6, 6.07) is 10.8. The summed E-state index contributed by atoms with van der Waals surface area (Å²) in [6.07, 6.45) is 2.45. The van der Waals surface area contributed by atoms with Gasteiger partial charge in [0.2, 0.25) is 5.91 Å². The van der Waals surface area contributed by atoms with E-state index in [2.05, 4.69) is 40.5 Å². The number of morpholine rings is 1. The molecule has 0 aliphatic carbocycles. The Bertz CT molecular complexity index is 435. The summed E-state index contributed by atoms with van der Waals surface area (Å²) >= 11 is 0. The number of nitrogens with zero attached hydrogens (tertiary/aromatic N) is 1. The maximum Gasteiger partial charge on any atom is 0.246 e. The molecule has 1 aromatic rings. The van der Waals surface area contributed by atoms with Crippen molar-refractivity contribution in [3.8, 4) is 0 Å². The number of nitrogens with one attached hydrogen (secondary N) is 1. The molecule has 2 saturated heterocycles. The third kappa shape index (κ3) is 3.14. The minimum absolute atomic E-state index is 0.0207. The van der Waals surface area contributed by atoms with E-state index in [4.69, 9.17) is 4.74 Å². The van der Waals surface area contributed by atoms with Crippen LogP contribution in [0.2, 0.25) is 0 Å². The number of fused-ring (bicyclic) bond motifs is 1. The first-order chi connectivity index (χ1) is 9.31. The Hall–Kier alpha value is -1.39. The molecule has 1 aromatic carbocycles. The molecule has 4 nitrogen and oxygen atoms in total. The van der Waals surface area contributed by atoms with Gasteiger partial charge in [0.1, 0.15) is 6.61 Å². The molecule has 0 spiro atoms. The molecule has 0 radical (unpaired) electrons. The second-order valence-electron chi connectivity index (χ2n) is 5.37. The molecule has 19 heavy (non-hydrogen) atoms. The summed E-state index contributed by atoms with van der Waals surface area (Å²) in [6.45, 7) is 3.16. The first-order valence-corrected chi connectivity index (χ1v) is 6.98. The van der Waals surface area contributed by atoms with E-state index in [0.29, 0.717) is 0 Å². The van der Waals surface area contributed by atoms with E-state index in [1.807, 2.05) is 0 Å². The zero-order valence-electron chi connectivity index (χ0n) is 11.0. The molecule has 102 valence electrons. The predicted octanol–water partition coefficient (Wildman–Crippen LogP) is 0.818. The van der Waals surface area contributed by atoms with E-state index in [-0.39, 0.29) is 24.7 Å². The standard InChI is InChI=1S/C15H20N2O2/c18-15-11-19-14-10-17(9-13(14)16-15)8-4-7-12-5-2-1-3-6-12/h1-3,5-6,13-14H,4,7-11H2,(H,16,18)/t13-,14+/m1/s1. The fraction of sp³-hybridized carbons (Fsp3) is 0.533. The average Bonchev–Trinajstić information content (AvgIpc) is 2.82. The minimum Gasteiger partial charge on any atom is -0.365 e. The lowest BCUT2D eigenvalue weighted by molar-refractivity contribution is -0.134. The van der Waals surface area contributed by atoms with Gasteiger partial charge in [-0.25, -0.2) is 0 Å². The van der Waals surface area contributed by atoms with E-state index in [1.54, 1.807) is 0 Å². The third-order valence-corrected chi connectivity index (χ3v) is 3.90. The van der Waals surface area contributed by atoms with Gasteiger partial charge >= 0.3 is 0 Å². The molecule has 2 heterocycles. The number of rotatable bonds is 4. The summed E-state index contributed by atoms with van der Waals surface area (Å²) in [5.41, 5.74) is 1.39. The van der Waals surface area contributed by atoms with Crippen molar-refractivity contribution >= 4 is 5.91 Å². The highest BCUT2D eigenvalue weighted by Crippen LogP contribution is 2.17. The van der Waals surface area contributed by atoms with Gasteiger partial charge in [0, 0.05) is 13.1 Å². The molecule has 1 amide bonds. The van der Waals surface area contributed by atoms with Crippen LogP contribution in [0.15, 0.2) is 30.3 Å². The molecule has 0 unspecified atom stereocenters. The van der Waals surface area contributed by atoms with Crippen molar-refractivity contribution in [2.45, 2.75) is 25.0 Å². The van der Waals surface area contributed by atoms with Crippen LogP contribution in [0.4, 0.5) is 0 Å². The number of hydrogen-bond donors (Lipinski definition) is 1. The van der Waals surface area contributed by atoms with Crippen molar-refractivity contribution < 1.29 is 9.53 Å². The van der Waals surface area contributed by atoms with Gasteiger partial charge in [0.15, 0.2) is 0 Å². The van der Waals surface area contributed by atoms with Crippen LogP contribution in [0.1, 0.15) is 12.0 Å². The maximum absolute atomic E-state index is 11.3. The number of carbonyl (C=O) groups is 1. The topological polar surface area (TPSA) is 41.6 Å². The lowest BCUT2D eigenvalue weighted by Crippen LogP contribution is -2.50. The number of amides is 1. The Morgan fingerprint density at radius 1 is 1.26 bits per heavy atom. The normalized spacial score (nSPS) is 27.1. The molecular formula is C15H20N2O2. The highest BCUT2D eigenvalue weighted by Gasteiger charge is 2.37. The highest BCUT2D eigenvalue weighted by molar-refractivity contribution is 5.78. The average molecular weight is 260 g/mol. The van der Waals surface area contributed by atoms with E-state index < -0.39 is 0 Å². The Morgan fingerprint density at radius 2 is 2.11 bits per heavy atom. The predicted molar refractivity (Wildman–Crippen MR) is 72.9 cm³/mol. The van der Waals surface area contributed by atoms with Crippen LogP contribution in [-0.2, 0) is 16.0 Å². The molecule has 2 fully saturated rings. The zero-order chi connectivity index (χ0) is 13.1. The van der Waals surface area contributed by atoms with Gasteiger partial charge in [-0.1, -0.05) is 30.3 Å². The summed E-state index contributed by atoms with van der Waals surface area (Å²) in [7, 11) is 0. The van der Waals surface area contributed by atoms with E-state index in [1.165, 1.54) is 5.56 Å². The van der Waals surface area contributed by atoms with Gasteiger partial charge in [-0.3, -0.25) is 9.69 Å². The minimum atomic E-state index is 0.0207. The van der Waals surface area contributed by atoms with E-state index >= 15 is 0 Å². The van der Waals surface area contributed by atoms with Gasteiger partial charge in [0.25, 0.3) is 0 Å². The Labute approximate surface area is 113 Å². The van der Waals surface area contributed by atoms with Crippen molar-refractivity contribution in [1.82, 2.24) is 10.2 Å². The fourth-order valence-corrected chi connectivity index (χ4v) is 2.92. The zero-order valence-corrected chi connectivity index (χ0v) is 11.0. The molecule has 3 rings (SSSR count). The number of hydrogen-bond acceptors (Lipinski definition) is 3. The second-order valence-corrected chi connectivity index (χ2v) is 5.37. The largest absolute Gasteiger partial charge is 0.365 e. The van der Waals surface area contributed by atoms with Crippen LogP contribution in [0.25, 0.3) is 0 Å². The van der Waals surface area contributed by atoms with Crippen molar-refractivity contribution in [3.63, 3.8) is 0 Å². The van der Waals surface area contributed by atoms with Crippen molar-refractivity contribution in [2.75, 3.05) is 26.2 Å². The summed E-state index contributed by atoms with van der Waals surface area (Å²) in [5.74, 6) is 0.0207. The number of ether oxygens (including phenoxy) is 1. The smallest absolute Gasteiger partial charge is 0.246 e. The first kappa shape index (κ1) is 12.6. The van der Waals surface area contributed by atoms with Crippen molar-refractivity contribution in [3.05, 3.63) is 35.9 Å². The molecule has 2 aliphatic heterocycles. The van der Waals surface area contributed by atoms with Crippen LogP contribution >= 0.6 is 0 Å². The van der Waals surface area contributed by atoms with Crippen LogP contribution in [0, 0.1) is 0 Å². The van der Waals surface area contributed by atoms with Gasteiger partial charge in [-0.05, 0) is 24.9 Å². The van der Waals surface area contributed by atoms with E-state index in [9.17, 15) is 4.79 Å². The molecule has 2 aliphatic rings. The lowest BCUT2D eigenvalue weighted by atomic mass is 10.1. The van der Waals surface area contributed by atoms with Gasteiger partial charge in [-0.15, -0.1) is 0 Å².